The van der Waals surface area contributed by atoms with Crippen molar-refractivity contribution in [1.82, 2.24) is 0 Å². The molecule has 0 fully saturated rings. The zero-order valence-corrected chi connectivity index (χ0v) is 7.38. The molecule has 0 amide bonds. The molecule has 0 atom stereocenters. The molecule has 0 saturated carbocycles. The predicted molar refractivity (Wildman–Crippen MR) is 42.6 cm³/mol. The minimum atomic E-state index is 0.693. The van der Waals surface area contributed by atoms with E-state index in [9.17, 15) is 0 Å². The second-order valence-electron chi connectivity index (χ2n) is 2.03. The van der Waals surface area contributed by atoms with Crippen LogP contribution in [0.1, 0.15) is 13.8 Å². The van der Waals surface area contributed by atoms with Crippen LogP contribution >= 0.6 is 0 Å². The fraction of sp³-hybridized carbons (Fsp3) is 0.500. The highest BCUT2D eigenvalue weighted by Crippen LogP contribution is 2.04. The standard InChI is InChI=1S/C8H14O3/c1-7(5-9-3)11-8(2)6-10-4/h5-6H,1-4H3/b7-5-,8-6-. The van der Waals surface area contributed by atoms with E-state index in [1.54, 1.807) is 28.1 Å². The van der Waals surface area contributed by atoms with E-state index in [4.69, 9.17) is 14.2 Å². The lowest BCUT2D eigenvalue weighted by Crippen LogP contribution is -1.87. The molecular formula is C8H14O3. The van der Waals surface area contributed by atoms with Crippen LogP contribution in [0.4, 0.5) is 0 Å². The van der Waals surface area contributed by atoms with Gasteiger partial charge in [-0.05, 0) is 13.8 Å². The predicted octanol–water partition coefficient (Wildman–Crippen LogP) is 2.02. The van der Waals surface area contributed by atoms with Gasteiger partial charge in [0.1, 0.15) is 24.0 Å². The van der Waals surface area contributed by atoms with Gasteiger partial charge in [-0.15, -0.1) is 0 Å². The second-order valence-corrected chi connectivity index (χ2v) is 2.03. The molecule has 64 valence electrons. The van der Waals surface area contributed by atoms with Gasteiger partial charge in [-0.3, -0.25) is 0 Å². The van der Waals surface area contributed by atoms with E-state index in [-0.39, 0.29) is 0 Å². The Morgan fingerprint density at radius 2 is 1.27 bits per heavy atom. The van der Waals surface area contributed by atoms with Gasteiger partial charge in [0, 0.05) is 0 Å². The SMILES string of the molecule is CO/C=C(/C)O/C(C)=C\OC. The molecule has 0 N–H and O–H groups in total. The number of methoxy groups -OCH3 is 2. The first-order valence-electron chi connectivity index (χ1n) is 3.27. The van der Waals surface area contributed by atoms with Gasteiger partial charge < -0.3 is 14.2 Å². The number of ether oxygens (including phenoxy) is 3. The summed E-state index contributed by atoms with van der Waals surface area (Å²) in [6.07, 6.45) is 3.04. The molecule has 0 aromatic carbocycles. The molecule has 0 bridgehead atoms. The molecule has 0 unspecified atom stereocenters. The van der Waals surface area contributed by atoms with Crippen LogP contribution in [-0.4, -0.2) is 14.2 Å². The van der Waals surface area contributed by atoms with Crippen molar-refractivity contribution in [2.75, 3.05) is 14.2 Å². The molecule has 0 saturated heterocycles. The van der Waals surface area contributed by atoms with Crippen molar-refractivity contribution < 1.29 is 14.2 Å². The van der Waals surface area contributed by atoms with Gasteiger partial charge in [-0.25, -0.2) is 0 Å². The van der Waals surface area contributed by atoms with Gasteiger partial charge >= 0.3 is 0 Å². The Kier molecular flexibility index (Phi) is 5.07. The number of rotatable bonds is 4. The van der Waals surface area contributed by atoms with Crippen LogP contribution in [-0.2, 0) is 14.2 Å². The van der Waals surface area contributed by atoms with Crippen LogP contribution in [0.3, 0.4) is 0 Å². The van der Waals surface area contributed by atoms with Gasteiger partial charge in [0.25, 0.3) is 0 Å². The number of allylic oxidation sites excluding steroid dienone is 2. The van der Waals surface area contributed by atoms with E-state index < -0.39 is 0 Å². The third kappa shape index (κ3) is 5.33. The Labute approximate surface area is 67.3 Å². The third-order valence-electron chi connectivity index (χ3n) is 0.890. The summed E-state index contributed by atoms with van der Waals surface area (Å²) in [6, 6.07) is 0. The van der Waals surface area contributed by atoms with E-state index in [1.807, 2.05) is 0 Å². The molecule has 0 radical (unpaired) electrons. The normalized spacial score (nSPS) is 12.7. The van der Waals surface area contributed by atoms with E-state index >= 15 is 0 Å². The van der Waals surface area contributed by atoms with Gasteiger partial charge in [0.05, 0.1) is 14.2 Å². The number of hydrogen-bond donors (Lipinski definition) is 0. The topological polar surface area (TPSA) is 27.7 Å². The minimum absolute atomic E-state index is 0.693. The van der Waals surface area contributed by atoms with Crippen molar-refractivity contribution in [2.24, 2.45) is 0 Å². The van der Waals surface area contributed by atoms with Crippen LogP contribution in [0.2, 0.25) is 0 Å². The van der Waals surface area contributed by atoms with Crippen molar-refractivity contribution in [3.8, 4) is 0 Å². The van der Waals surface area contributed by atoms with E-state index in [2.05, 4.69) is 0 Å². The maximum atomic E-state index is 5.20. The van der Waals surface area contributed by atoms with Crippen molar-refractivity contribution in [3.63, 3.8) is 0 Å². The lowest BCUT2D eigenvalue weighted by molar-refractivity contribution is 0.238. The summed E-state index contributed by atoms with van der Waals surface area (Å²) in [6.45, 7) is 3.60. The molecule has 0 aliphatic heterocycles. The molecule has 3 nitrogen and oxygen atoms in total. The molecule has 0 aliphatic carbocycles. The largest absolute Gasteiger partial charge is 0.501 e. The summed E-state index contributed by atoms with van der Waals surface area (Å²) in [4.78, 5) is 0. The Morgan fingerprint density at radius 3 is 1.55 bits per heavy atom. The van der Waals surface area contributed by atoms with Crippen LogP contribution in [0.25, 0.3) is 0 Å². The van der Waals surface area contributed by atoms with Crippen LogP contribution < -0.4 is 0 Å². The molecule has 0 spiro atoms. The lowest BCUT2D eigenvalue weighted by atomic mass is 10.6. The van der Waals surface area contributed by atoms with Crippen molar-refractivity contribution in [3.05, 3.63) is 24.0 Å². The highest BCUT2D eigenvalue weighted by atomic mass is 16.5. The van der Waals surface area contributed by atoms with Gasteiger partial charge in [0.2, 0.25) is 0 Å². The molecule has 0 aromatic heterocycles. The average Bonchev–Trinajstić information content (AvgIpc) is 1.87. The summed E-state index contributed by atoms with van der Waals surface area (Å²) in [5.74, 6) is 1.39. The smallest absolute Gasteiger partial charge is 0.135 e. The maximum Gasteiger partial charge on any atom is 0.135 e. The third-order valence-corrected chi connectivity index (χ3v) is 0.890. The van der Waals surface area contributed by atoms with Crippen LogP contribution in [0.5, 0.6) is 0 Å². The molecule has 0 aromatic rings. The molecule has 0 aliphatic rings. The highest BCUT2D eigenvalue weighted by Gasteiger charge is 1.91. The summed E-state index contributed by atoms with van der Waals surface area (Å²) in [5, 5.41) is 0. The highest BCUT2D eigenvalue weighted by molar-refractivity contribution is 4.91. The lowest BCUT2D eigenvalue weighted by Gasteiger charge is -2.04. The molecule has 0 heterocycles. The summed E-state index contributed by atoms with van der Waals surface area (Å²) in [7, 11) is 3.14. The fourth-order valence-corrected chi connectivity index (χ4v) is 0.634. The first kappa shape index (κ1) is 9.88. The van der Waals surface area contributed by atoms with Crippen LogP contribution in [0, 0.1) is 0 Å². The first-order chi connectivity index (χ1) is 5.20. The monoisotopic (exact) mass is 158 g/mol. The Balaban J connectivity index is 3.84. The first-order valence-corrected chi connectivity index (χ1v) is 3.27. The van der Waals surface area contributed by atoms with E-state index in [0.717, 1.165) is 0 Å². The van der Waals surface area contributed by atoms with Gasteiger partial charge in [0.15, 0.2) is 0 Å². The second kappa shape index (κ2) is 5.65. The summed E-state index contributed by atoms with van der Waals surface area (Å²) < 4.78 is 14.7. The number of hydrogen-bond acceptors (Lipinski definition) is 3. The van der Waals surface area contributed by atoms with Crippen molar-refractivity contribution >= 4 is 0 Å². The molecule has 0 rings (SSSR count). The van der Waals surface area contributed by atoms with Gasteiger partial charge in [-0.2, -0.15) is 0 Å². The van der Waals surface area contributed by atoms with Crippen LogP contribution in [0.15, 0.2) is 24.0 Å². The zero-order chi connectivity index (χ0) is 8.69. The quantitative estimate of drug-likeness (QED) is 0.586. The van der Waals surface area contributed by atoms with Gasteiger partial charge in [-0.1, -0.05) is 0 Å². The summed E-state index contributed by atoms with van der Waals surface area (Å²) in [5.41, 5.74) is 0. The minimum Gasteiger partial charge on any atom is -0.501 e. The Morgan fingerprint density at radius 1 is 0.909 bits per heavy atom. The van der Waals surface area contributed by atoms with E-state index in [1.165, 1.54) is 12.5 Å². The molecular weight excluding hydrogens is 144 g/mol. The van der Waals surface area contributed by atoms with Crippen molar-refractivity contribution in [2.45, 2.75) is 13.8 Å². The molecule has 3 heteroatoms. The summed E-state index contributed by atoms with van der Waals surface area (Å²) >= 11 is 0. The molecule has 11 heavy (non-hydrogen) atoms. The average molecular weight is 158 g/mol. The Bertz CT molecular complexity index is 141. The van der Waals surface area contributed by atoms with E-state index in [0.29, 0.717) is 11.5 Å². The Hall–Kier alpha value is -1.12. The van der Waals surface area contributed by atoms with Crippen molar-refractivity contribution in [1.29, 1.82) is 0 Å². The fourth-order valence-electron chi connectivity index (χ4n) is 0.634. The zero-order valence-electron chi connectivity index (χ0n) is 7.38. The maximum absolute atomic E-state index is 5.20.